The number of carbonyl (C=O) groups excluding carboxylic acids is 2. The Hall–Kier alpha value is -2.40. The van der Waals surface area contributed by atoms with Crippen molar-refractivity contribution in [2.45, 2.75) is 26.2 Å². The fraction of sp³-hybridized carbons (Fsp3) is 0.316. The second-order valence-electron chi connectivity index (χ2n) is 5.65. The molecule has 0 spiro atoms. The summed E-state index contributed by atoms with van der Waals surface area (Å²) in [5.74, 6) is -0.563. The van der Waals surface area contributed by atoms with Gasteiger partial charge in [-0.2, -0.15) is 0 Å². The molecule has 1 aromatic heterocycles. The molecule has 0 radical (unpaired) electrons. The first-order valence-electron chi connectivity index (χ1n) is 8.38. The van der Waals surface area contributed by atoms with Crippen LogP contribution >= 0.6 is 11.6 Å². The molecule has 1 heterocycles. The standard InChI is InChI=1S/C19H22ClN3O2/c1-2-3-11-21-18(24)16-8-5-9-17(23-16)19(25)22-12-10-14-6-4-7-15(20)13-14/h4-9,13H,2-3,10-12H2,1H3,(H,21,24)(H,22,25). The van der Waals surface area contributed by atoms with E-state index in [1.165, 1.54) is 0 Å². The molecule has 2 N–H and O–H groups in total. The molecule has 0 aliphatic rings. The number of benzene rings is 1. The van der Waals surface area contributed by atoms with Crippen LogP contribution in [0.5, 0.6) is 0 Å². The minimum atomic E-state index is -0.301. The van der Waals surface area contributed by atoms with Gasteiger partial charge in [-0.1, -0.05) is 43.1 Å². The molecule has 2 amide bonds. The molecule has 2 rings (SSSR count). The number of rotatable bonds is 8. The summed E-state index contributed by atoms with van der Waals surface area (Å²) in [5, 5.41) is 6.27. The molecule has 25 heavy (non-hydrogen) atoms. The lowest BCUT2D eigenvalue weighted by Crippen LogP contribution is -2.29. The predicted molar refractivity (Wildman–Crippen MR) is 99.0 cm³/mol. The summed E-state index contributed by atoms with van der Waals surface area (Å²) in [6, 6.07) is 12.4. The Morgan fingerprint density at radius 3 is 2.28 bits per heavy atom. The van der Waals surface area contributed by atoms with Gasteiger partial charge in [-0.05, 0) is 42.7 Å². The fourth-order valence-electron chi connectivity index (χ4n) is 2.26. The number of aromatic nitrogens is 1. The minimum absolute atomic E-state index is 0.231. The van der Waals surface area contributed by atoms with Crippen molar-refractivity contribution < 1.29 is 9.59 Å². The third-order valence-electron chi connectivity index (χ3n) is 3.62. The molecule has 0 saturated carbocycles. The van der Waals surface area contributed by atoms with Crippen LogP contribution in [0.2, 0.25) is 5.02 Å². The van der Waals surface area contributed by atoms with Crippen LogP contribution in [0.3, 0.4) is 0 Å². The zero-order valence-corrected chi connectivity index (χ0v) is 15.0. The summed E-state index contributed by atoms with van der Waals surface area (Å²) in [6.07, 6.45) is 2.59. The largest absolute Gasteiger partial charge is 0.351 e. The summed E-state index contributed by atoms with van der Waals surface area (Å²) in [6.45, 7) is 3.12. The van der Waals surface area contributed by atoms with Crippen LogP contribution in [0.1, 0.15) is 46.3 Å². The van der Waals surface area contributed by atoms with E-state index in [1.54, 1.807) is 18.2 Å². The maximum atomic E-state index is 12.2. The van der Waals surface area contributed by atoms with Gasteiger partial charge in [0.25, 0.3) is 11.8 Å². The molecule has 0 aliphatic heterocycles. The second kappa shape index (κ2) is 9.79. The average molecular weight is 360 g/mol. The van der Waals surface area contributed by atoms with Gasteiger partial charge in [-0.15, -0.1) is 0 Å². The highest BCUT2D eigenvalue weighted by molar-refractivity contribution is 6.30. The molecule has 0 fully saturated rings. The molecule has 0 unspecified atom stereocenters. The SMILES string of the molecule is CCCCNC(=O)c1cccc(C(=O)NCCc2cccc(Cl)c2)n1. The van der Waals surface area contributed by atoms with Crippen molar-refractivity contribution in [3.63, 3.8) is 0 Å². The molecule has 0 saturated heterocycles. The van der Waals surface area contributed by atoms with Gasteiger partial charge in [0.2, 0.25) is 0 Å². The molecular formula is C19H22ClN3O2. The van der Waals surface area contributed by atoms with E-state index in [4.69, 9.17) is 11.6 Å². The van der Waals surface area contributed by atoms with Crippen molar-refractivity contribution >= 4 is 23.4 Å². The van der Waals surface area contributed by atoms with Gasteiger partial charge in [0.15, 0.2) is 0 Å². The predicted octanol–water partition coefficient (Wildman–Crippen LogP) is 3.24. The zero-order chi connectivity index (χ0) is 18.1. The third kappa shape index (κ3) is 6.19. The Bertz CT molecular complexity index is 734. The molecule has 1 aromatic carbocycles. The first-order valence-corrected chi connectivity index (χ1v) is 8.76. The first kappa shape index (κ1) is 18.9. The van der Waals surface area contributed by atoms with E-state index in [0.29, 0.717) is 24.5 Å². The van der Waals surface area contributed by atoms with Crippen molar-refractivity contribution in [2.24, 2.45) is 0 Å². The molecular weight excluding hydrogens is 338 g/mol. The third-order valence-corrected chi connectivity index (χ3v) is 3.85. The number of halogens is 1. The normalized spacial score (nSPS) is 10.3. The Labute approximate surface area is 152 Å². The number of nitrogens with zero attached hydrogens (tertiary/aromatic N) is 1. The van der Waals surface area contributed by atoms with E-state index >= 15 is 0 Å². The number of hydrogen-bond donors (Lipinski definition) is 2. The molecule has 132 valence electrons. The van der Waals surface area contributed by atoms with Gasteiger partial charge < -0.3 is 10.6 Å². The van der Waals surface area contributed by atoms with E-state index in [-0.39, 0.29) is 23.2 Å². The molecule has 0 aliphatic carbocycles. The molecule has 2 aromatic rings. The highest BCUT2D eigenvalue weighted by Crippen LogP contribution is 2.10. The number of amides is 2. The number of carbonyl (C=O) groups is 2. The molecule has 0 atom stereocenters. The number of hydrogen-bond acceptors (Lipinski definition) is 3. The van der Waals surface area contributed by atoms with Crippen LogP contribution < -0.4 is 10.6 Å². The maximum absolute atomic E-state index is 12.2. The lowest BCUT2D eigenvalue weighted by molar-refractivity contribution is 0.0944. The van der Waals surface area contributed by atoms with Crippen molar-refractivity contribution in [2.75, 3.05) is 13.1 Å². The second-order valence-corrected chi connectivity index (χ2v) is 6.09. The first-order chi connectivity index (χ1) is 12.1. The van der Waals surface area contributed by atoms with Crippen molar-refractivity contribution in [3.8, 4) is 0 Å². The van der Waals surface area contributed by atoms with Crippen molar-refractivity contribution in [3.05, 3.63) is 64.4 Å². The van der Waals surface area contributed by atoms with Crippen LogP contribution in [-0.2, 0) is 6.42 Å². The van der Waals surface area contributed by atoms with Gasteiger partial charge in [0.1, 0.15) is 11.4 Å². The average Bonchev–Trinajstić information content (AvgIpc) is 2.62. The lowest BCUT2D eigenvalue weighted by Gasteiger charge is -2.07. The smallest absolute Gasteiger partial charge is 0.269 e. The Kier molecular flexibility index (Phi) is 7.41. The quantitative estimate of drug-likeness (QED) is 0.711. The highest BCUT2D eigenvalue weighted by atomic mass is 35.5. The van der Waals surface area contributed by atoms with Crippen LogP contribution in [0, 0.1) is 0 Å². The van der Waals surface area contributed by atoms with Gasteiger partial charge >= 0.3 is 0 Å². The maximum Gasteiger partial charge on any atom is 0.269 e. The summed E-state index contributed by atoms with van der Waals surface area (Å²) in [4.78, 5) is 28.4. The molecule has 6 heteroatoms. The van der Waals surface area contributed by atoms with Gasteiger partial charge in [0, 0.05) is 18.1 Å². The zero-order valence-electron chi connectivity index (χ0n) is 14.2. The van der Waals surface area contributed by atoms with Crippen molar-refractivity contribution in [1.29, 1.82) is 0 Å². The fourth-order valence-corrected chi connectivity index (χ4v) is 2.47. The van der Waals surface area contributed by atoms with Crippen molar-refractivity contribution in [1.82, 2.24) is 15.6 Å². The van der Waals surface area contributed by atoms with E-state index in [0.717, 1.165) is 18.4 Å². The van der Waals surface area contributed by atoms with E-state index in [2.05, 4.69) is 22.5 Å². The summed E-state index contributed by atoms with van der Waals surface area (Å²) < 4.78 is 0. The number of pyridine rings is 1. The Balaban J connectivity index is 1.88. The van der Waals surface area contributed by atoms with E-state index in [9.17, 15) is 9.59 Å². The van der Waals surface area contributed by atoms with Gasteiger partial charge in [-0.25, -0.2) is 4.98 Å². The summed E-state index contributed by atoms with van der Waals surface area (Å²) in [7, 11) is 0. The molecule has 5 nitrogen and oxygen atoms in total. The Morgan fingerprint density at radius 2 is 1.64 bits per heavy atom. The number of nitrogens with one attached hydrogen (secondary N) is 2. The van der Waals surface area contributed by atoms with Crippen LogP contribution in [0.25, 0.3) is 0 Å². The summed E-state index contributed by atoms with van der Waals surface area (Å²) in [5.41, 5.74) is 1.53. The molecule has 0 bridgehead atoms. The summed E-state index contributed by atoms with van der Waals surface area (Å²) >= 11 is 5.94. The monoisotopic (exact) mass is 359 g/mol. The van der Waals surface area contributed by atoms with Crippen LogP contribution in [-0.4, -0.2) is 29.9 Å². The van der Waals surface area contributed by atoms with Gasteiger partial charge in [0.05, 0.1) is 0 Å². The van der Waals surface area contributed by atoms with E-state index < -0.39 is 0 Å². The van der Waals surface area contributed by atoms with E-state index in [1.807, 2.05) is 24.3 Å². The Morgan fingerprint density at radius 1 is 1.00 bits per heavy atom. The van der Waals surface area contributed by atoms with Gasteiger partial charge in [-0.3, -0.25) is 9.59 Å². The topological polar surface area (TPSA) is 71.1 Å². The van der Waals surface area contributed by atoms with Crippen LogP contribution in [0.4, 0.5) is 0 Å². The van der Waals surface area contributed by atoms with Crippen LogP contribution in [0.15, 0.2) is 42.5 Å². The lowest BCUT2D eigenvalue weighted by atomic mass is 10.1. The highest BCUT2D eigenvalue weighted by Gasteiger charge is 2.11. The minimum Gasteiger partial charge on any atom is -0.351 e. The number of unbranched alkanes of at least 4 members (excludes halogenated alkanes) is 1.